The predicted octanol–water partition coefficient (Wildman–Crippen LogP) is 2.37. The molecule has 112 valence electrons. The van der Waals surface area contributed by atoms with Crippen LogP contribution in [0.5, 0.6) is 5.75 Å². The SMILES string of the molecule is O=C(P)Oc1ccc2ccn(CCOCC(=O)OP)c2c1. The van der Waals surface area contributed by atoms with Crippen molar-refractivity contribution in [1.29, 1.82) is 0 Å². The molecule has 2 atom stereocenters. The van der Waals surface area contributed by atoms with Crippen molar-refractivity contribution in [2.24, 2.45) is 0 Å². The molecule has 21 heavy (non-hydrogen) atoms. The van der Waals surface area contributed by atoms with Crippen molar-refractivity contribution in [2.45, 2.75) is 6.54 Å². The second-order valence-electron chi connectivity index (χ2n) is 4.19. The van der Waals surface area contributed by atoms with E-state index in [1.807, 2.05) is 41.6 Å². The summed E-state index contributed by atoms with van der Waals surface area (Å²) < 4.78 is 16.6. The van der Waals surface area contributed by atoms with Crippen molar-refractivity contribution in [1.82, 2.24) is 4.57 Å². The number of hydrogen-bond acceptors (Lipinski definition) is 5. The zero-order valence-electron chi connectivity index (χ0n) is 11.2. The largest absolute Gasteiger partial charge is 0.450 e. The highest BCUT2D eigenvalue weighted by atomic mass is 31.0. The molecule has 2 aromatic rings. The maximum absolute atomic E-state index is 10.9. The van der Waals surface area contributed by atoms with Gasteiger partial charge in [0.25, 0.3) is 0 Å². The molecule has 0 aliphatic heterocycles. The molecule has 0 N–H and O–H groups in total. The monoisotopic (exact) mass is 327 g/mol. The molecule has 0 radical (unpaired) electrons. The van der Waals surface area contributed by atoms with Gasteiger partial charge in [0.05, 0.1) is 21.6 Å². The highest BCUT2D eigenvalue weighted by Crippen LogP contribution is 2.22. The lowest BCUT2D eigenvalue weighted by Gasteiger charge is -2.07. The summed E-state index contributed by atoms with van der Waals surface area (Å²) in [6, 6.07) is 7.36. The van der Waals surface area contributed by atoms with E-state index in [-0.39, 0.29) is 6.61 Å². The summed E-state index contributed by atoms with van der Waals surface area (Å²) in [5.41, 5.74) is 0.489. The van der Waals surface area contributed by atoms with Crippen LogP contribution in [0.4, 0.5) is 4.79 Å². The minimum Gasteiger partial charge on any atom is -0.450 e. The van der Waals surface area contributed by atoms with Crippen LogP contribution in [0, 0.1) is 0 Å². The fraction of sp³-hybridized carbons (Fsp3) is 0.231. The summed E-state index contributed by atoms with van der Waals surface area (Å²) in [6.45, 7) is 0.863. The molecule has 0 fully saturated rings. The second kappa shape index (κ2) is 7.51. The zero-order chi connectivity index (χ0) is 15.2. The van der Waals surface area contributed by atoms with E-state index in [0.29, 0.717) is 18.9 Å². The fourth-order valence-electron chi connectivity index (χ4n) is 1.89. The van der Waals surface area contributed by atoms with Gasteiger partial charge in [-0.1, -0.05) is 0 Å². The Morgan fingerprint density at radius 3 is 2.76 bits per heavy atom. The first-order chi connectivity index (χ1) is 10.1. The third kappa shape index (κ3) is 4.50. The van der Waals surface area contributed by atoms with E-state index in [9.17, 15) is 9.59 Å². The van der Waals surface area contributed by atoms with Gasteiger partial charge in [0.2, 0.25) is 0 Å². The number of nitrogens with zero attached hydrogens (tertiary/aromatic N) is 1. The molecule has 8 heteroatoms. The van der Waals surface area contributed by atoms with Crippen molar-refractivity contribution in [3.05, 3.63) is 30.5 Å². The number of ether oxygens (including phenoxy) is 2. The van der Waals surface area contributed by atoms with E-state index in [1.54, 1.807) is 12.1 Å². The first-order valence-corrected chi connectivity index (χ1v) is 7.18. The normalized spacial score (nSPS) is 10.6. The molecule has 0 saturated carbocycles. The summed E-state index contributed by atoms with van der Waals surface area (Å²) in [7, 11) is 3.85. The molecule has 0 bridgehead atoms. The average molecular weight is 327 g/mol. The fourth-order valence-corrected chi connectivity index (χ4v) is 2.09. The Bertz CT molecular complexity index is 655. The Morgan fingerprint density at radius 2 is 2.05 bits per heavy atom. The number of hydrogen-bond donors (Lipinski definition) is 0. The Morgan fingerprint density at radius 1 is 1.24 bits per heavy atom. The quantitative estimate of drug-likeness (QED) is 0.602. The topological polar surface area (TPSA) is 66.8 Å². The molecule has 0 aliphatic carbocycles. The molecule has 1 aromatic heterocycles. The lowest BCUT2D eigenvalue weighted by atomic mass is 10.2. The van der Waals surface area contributed by atoms with E-state index >= 15 is 0 Å². The standard InChI is InChI=1S/C13H15NO5P2/c15-12(19-21)8-17-6-5-14-4-3-9-1-2-10(7-11(9)14)18-13(16)20/h1-4,7H,5-6,8,20-21H2. The van der Waals surface area contributed by atoms with E-state index in [1.165, 1.54) is 0 Å². The summed E-state index contributed by atoms with van der Waals surface area (Å²) in [5, 5.41) is 1.03. The summed E-state index contributed by atoms with van der Waals surface area (Å²) in [4.78, 5) is 21.9. The molecular weight excluding hydrogens is 312 g/mol. The third-order valence-corrected chi connectivity index (χ3v) is 3.17. The van der Waals surface area contributed by atoms with Crippen LogP contribution in [0.1, 0.15) is 0 Å². The van der Waals surface area contributed by atoms with Gasteiger partial charge < -0.3 is 18.6 Å². The molecule has 2 unspecified atom stereocenters. The van der Waals surface area contributed by atoms with E-state index in [4.69, 9.17) is 9.47 Å². The first kappa shape index (κ1) is 15.9. The highest BCUT2D eigenvalue weighted by Gasteiger charge is 2.05. The van der Waals surface area contributed by atoms with Crippen LogP contribution in [0.2, 0.25) is 0 Å². The van der Waals surface area contributed by atoms with Gasteiger partial charge >= 0.3 is 11.7 Å². The Balaban J connectivity index is 2.02. The van der Waals surface area contributed by atoms with Gasteiger partial charge in [-0.05, 0) is 32.8 Å². The number of carbonyl (C=O) groups is 2. The number of carbonyl (C=O) groups excluding carboxylic acids is 2. The molecule has 0 aliphatic rings. The lowest BCUT2D eigenvalue weighted by molar-refractivity contribution is -0.138. The molecule has 1 aromatic carbocycles. The maximum Gasteiger partial charge on any atom is 0.334 e. The van der Waals surface area contributed by atoms with Crippen molar-refractivity contribution in [2.75, 3.05) is 13.2 Å². The molecule has 0 saturated heterocycles. The van der Waals surface area contributed by atoms with Gasteiger partial charge in [-0.25, -0.2) is 9.59 Å². The van der Waals surface area contributed by atoms with Crippen LogP contribution in [0.25, 0.3) is 10.9 Å². The van der Waals surface area contributed by atoms with Crippen LogP contribution in [-0.2, 0) is 20.6 Å². The first-order valence-electron chi connectivity index (χ1n) is 6.13. The smallest absolute Gasteiger partial charge is 0.334 e. The molecule has 6 nitrogen and oxygen atoms in total. The molecule has 0 spiro atoms. The number of benzene rings is 1. The molecule has 2 rings (SSSR count). The summed E-state index contributed by atoms with van der Waals surface area (Å²) >= 11 is 0. The Labute approximate surface area is 126 Å². The Kier molecular flexibility index (Phi) is 5.68. The minimum atomic E-state index is -0.438. The van der Waals surface area contributed by atoms with E-state index < -0.39 is 11.7 Å². The van der Waals surface area contributed by atoms with Crippen molar-refractivity contribution in [3.8, 4) is 5.75 Å². The summed E-state index contributed by atoms with van der Waals surface area (Å²) in [6.07, 6.45) is 1.91. The third-order valence-electron chi connectivity index (χ3n) is 2.79. The molecule has 0 amide bonds. The molecular formula is C13H15NO5P2. The van der Waals surface area contributed by atoms with Gasteiger partial charge in [-0.2, -0.15) is 0 Å². The lowest BCUT2D eigenvalue weighted by Crippen LogP contribution is -2.12. The predicted molar refractivity (Wildman–Crippen MR) is 84.3 cm³/mol. The highest BCUT2D eigenvalue weighted by molar-refractivity contribution is 7.39. The molecule has 1 heterocycles. The minimum absolute atomic E-state index is 0.0847. The Hall–Kier alpha value is -1.48. The summed E-state index contributed by atoms with van der Waals surface area (Å²) in [5.74, 6) is 0.0435. The van der Waals surface area contributed by atoms with E-state index in [2.05, 4.69) is 4.52 Å². The number of fused-ring (bicyclic) bond motifs is 1. The number of rotatable bonds is 6. The van der Waals surface area contributed by atoms with Gasteiger partial charge in [0.15, 0.2) is 0 Å². The van der Waals surface area contributed by atoms with Crippen molar-refractivity contribution < 1.29 is 23.6 Å². The van der Waals surface area contributed by atoms with Crippen LogP contribution in [0.3, 0.4) is 0 Å². The van der Waals surface area contributed by atoms with Gasteiger partial charge in [0, 0.05) is 18.8 Å². The van der Waals surface area contributed by atoms with Crippen LogP contribution < -0.4 is 4.74 Å². The van der Waals surface area contributed by atoms with Crippen molar-refractivity contribution >= 4 is 41.3 Å². The van der Waals surface area contributed by atoms with Gasteiger partial charge in [-0.3, -0.25) is 0 Å². The second-order valence-corrected chi connectivity index (χ2v) is 4.90. The zero-order valence-corrected chi connectivity index (χ0v) is 13.5. The van der Waals surface area contributed by atoms with E-state index in [0.717, 1.165) is 10.9 Å². The van der Waals surface area contributed by atoms with Gasteiger partial charge in [0.1, 0.15) is 12.4 Å². The average Bonchev–Trinajstić information content (AvgIpc) is 2.85. The van der Waals surface area contributed by atoms with Gasteiger partial charge in [-0.15, -0.1) is 0 Å². The van der Waals surface area contributed by atoms with Crippen LogP contribution in [-0.4, -0.2) is 29.5 Å². The number of aromatic nitrogens is 1. The van der Waals surface area contributed by atoms with Crippen molar-refractivity contribution in [3.63, 3.8) is 0 Å². The van der Waals surface area contributed by atoms with Crippen LogP contribution in [0.15, 0.2) is 30.5 Å². The van der Waals surface area contributed by atoms with Crippen LogP contribution >= 0.6 is 18.7 Å². The maximum atomic E-state index is 10.9.